The molecule has 5 aromatic rings. The lowest BCUT2D eigenvalue weighted by molar-refractivity contribution is -0.125. The number of rotatable bonds is 15. The Labute approximate surface area is 738 Å². The van der Waals surface area contributed by atoms with E-state index in [1.165, 1.54) is 16.7 Å². The van der Waals surface area contributed by atoms with Crippen LogP contribution in [0.3, 0.4) is 0 Å². The molecule has 10 fully saturated rings. The minimum atomic E-state index is -2.00. The first-order valence-electron chi connectivity index (χ1n) is 43.1. The molecule has 20 rings (SSSR count). The molecule has 25 amide bonds. The Morgan fingerprint density at radius 1 is 0.376 bits per heavy atom. The summed E-state index contributed by atoms with van der Waals surface area (Å²) in [6.07, 6.45) is 8.62. The van der Waals surface area contributed by atoms with E-state index in [-0.39, 0.29) is 123 Å². The van der Waals surface area contributed by atoms with Crippen LogP contribution in [-0.2, 0) is 82.8 Å². The number of carbonyl (C=O) groups is 15. The molecule has 0 aromatic heterocycles. The van der Waals surface area contributed by atoms with Crippen LogP contribution in [0.5, 0.6) is 0 Å². The largest absolute Gasteiger partial charge is 0.335 e. The molecule has 125 heavy (non-hydrogen) atoms. The Hall–Kier alpha value is -12.0. The average molecular weight is 1780 g/mol. The topological polar surface area (TPSA) is 444 Å². The van der Waals surface area contributed by atoms with Gasteiger partial charge in [0, 0.05) is 81.0 Å². The summed E-state index contributed by atoms with van der Waals surface area (Å²) in [7, 11) is 1.69. The number of nitrogens with one attached hydrogen (secondary N) is 14. The van der Waals surface area contributed by atoms with Gasteiger partial charge in [-0.1, -0.05) is 101 Å². The fourth-order valence-electron chi connectivity index (χ4n) is 18.6. The number of nitrogens with zero attached hydrogens (tertiary/aromatic N) is 6. The van der Waals surface area contributed by atoms with E-state index in [1.807, 2.05) is 71.0 Å². The van der Waals surface area contributed by atoms with E-state index in [2.05, 4.69) is 98.7 Å². The van der Waals surface area contributed by atoms with Crippen LogP contribution in [0.4, 0.5) is 47.9 Å². The monoisotopic (exact) mass is 1770 g/mol. The number of carbonyl (C=O) groups excluding carboxylic acids is 15. The summed E-state index contributed by atoms with van der Waals surface area (Å²) in [5.74, 6) is -1.49. The highest BCUT2D eigenvalue weighted by Crippen LogP contribution is 2.47. The van der Waals surface area contributed by atoms with Gasteiger partial charge in [-0.2, -0.15) is 0 Å². The fraction of sp³-hybridized carbons (Fsp3) is 0.483. The smallest absolute Gasteiger partial charge is 0.322 e. The highest BCUT2D eigenvalue weighted by Gasteiger charge is 2.61. The lowest BCUT2D eigenvalue weighted by Gasteiger charge is -2.33. The van der Waals surface area contributed by atoms with Crippen LogP contribution in [0.15, 0.2) is 72.8 Å². The van der Waals surface area contributed by atoms with Gasteiger partial charge in [-0.25, -0.2) is 47.9 Å². The molecule has 10 heterocycles. The SMILES string of the molecule is Cc1cc2c(cc1Cl)CN(C(=O)NC[C@@]1(C3CC3)NC(=O)NC1=O)C2.Cc1cc2c(cc1Cl)[C@H](C)N(C(=O)NC[C@@]1(C3CC3)NC(=O)NC1=O)C2.Cc1ccc2c(c1)CN(C(=O)N(C)CC1(C3CC3)NC(=O)NC1=O)C2.Cc1ccc2c(c1)CN(C(=O)NCC1(C3CC3)NC(=O)NC1=O)C2.[2H]C1([2H])c2cc(C)c(Cl)cc2CN1C(=O)NC[C@@]1(C2CC2)NC(=O)NC1=O. The highest BCUT2D eigenvalue weighted by atomic mass is 35.5. The first kappa shape index (κ1) is 83.9. The van der Waals surface area contributed by atoms with Gasteiger partial charge >= 0.3 is 60.3 Å². The summed E-state index contributed by atoms with van der Waals surface area (Å²) in [6.45, 7) is 14.0. The molecular weight excluding hydrogens is 1670 g/mol. The van der Waals surface area contributed by atoms with Crippen LogP contribution in [0.2, 0.25) is 15.1 Å². The first-order chi connectivity index (χ1) is 60.2. The number of hydrogen-bond acceptors (Lipinski definition) is 15. The van der Waals surface area contributed by atoms with E-state index in [1.54, 1.807) is 50.6 Å². The summed E-state index contributed by atoms with van der Waals surface area (Å²) < 4.78 is 16.7. The van der Waals surface area contributed by atoms with Crippen molar-refractivity contribution in [2.75, 3.05) is 39.8 Å². The number of amides is 25. The molecule has 0 spiro atoms. The predicted molar refractivity (Wildman–Crippen MR) is 454 cm³/mol. The summed E-state index contributed by atoms with van der Waals surface area (Å²) in [5.41, 5.74) is 9.84. The zero-order valence-corrected chi connectivity index (χ0v) is 72.4. The van der Waals surface area contributed by atoms with Crippen molar-refractivity contribution >= 4 is 125 Å². The van der Waals surface area contributed by atoms with Crippen molar-refractivity contribution in [1.82, 2.24) is 104 Å². The van der Waals surface area contributed by atoms with Crippen LogP contribution < -0.4 is 74.4 Å². The Morgan fingerprint density at radius 3 is 1.06 bits per heavy atom. The van der Waals surface area contributed by atoms with Crippen LogP contribution in [0, 0.1) is 64.2 Å². The number of benzene rings is 5. The van der Waals surface area contributed by atoms with E-state index in [9.17, 15) is 71.9 Å². The number of urea groups is 10. The lowest BCUT2D eigenvalue weighted by Crippen LogP contribution is -2.58. The van der Waals surface area contributed by atoms with E-state index in [0.29, 0.717) is 72.0 Å². The number of imide groups is 5. The molecule has 10 aliphatic heterocycles. The molecule has 5 aromatic carbocycles. The molecule has 14 N–H and O–H groups in total. The third-order valence-corrected chi connectivity index (χ3v) is 27.7. The van der Waals surface area contributed by atoms with Gasteiger partial charge in [0.25, 0.3) is 29.5 Å². The van der Waals surface area contributed by atoms with Crippen molar-refractivity contribution < 1.29 is 74.7 Å². The average Bonchev–Trinajstić information content (AvgIpc) is 1.61. The van der Waals surface area contributed by atoms with Gasteiger partial charge in [-0.15, -0.1) is 0 Å². The molecule has 38 heteroatoms. The first-order valence-corrected chi connectivity index (χ1v) is 43.2. The summed E-state index contributed by atoms with van der Waals surface area (Å²) in [4.78, 5) is 192. The summed E-state index contributed by atoms with van der Waals surface area (Å²) >= 11 is 18.5. The molecule has 5 aliphatic carbocycles. The van der Waals surface area contributed by atoms with E-state index < -0.39 is 76.3 Å². The molecule has 6 atom stereocenters. The molecule has 5 saturated carbocycles. The number of likely N-dealkylation sites (N-methyl/N-ethyl adjacent to an activating group) is 1. The minimum Gasteiger partial charge on any atom is -0.335 e. The van der Waals surface area contributed by atoms with Gasteiger partial charge in [-0.3, -0.25) is 50.6 Å². The van der Waals surface area contributed by atoms with Crippen molar-refractivity contribution in [3.63, 3.8) is 0 Å². The van der Waals surface area contributed by atoms with Gasteiger partial charge in [0.2, 0.25) is 0 Å². The Kier molecular flexibility index (Phi) is 22.5. The van der Waals surface area contributed by atoms with Crippen LogP contribution in [-0.4, -0.2) is 187 Å². The van der Waals surface area contributed by atoms with E-state index in [4.69, 9.17) is 37.5 Å². The predicted octanol–water partition coefficient (Wildman–Crippen LogP) is 7.91. The molecule has 0 bridgehead atoms. The zero-order chi connectivity index (χ0) is 90.6. The van der Waals surface area contributed by atoms with Crippen molar-refractivity contribution in [3.8, 4) is 0 Å². The van der Waals surface area contributed by atoms with Crippen molar-refractivity contribution in [2.45, 2.75) is 198 Å². The fourth-order valence-corrected chi connectivity index (χ4v) is 19.1. The maximum absolute atomic E-state index is 12.9. The van der Waals surface area contributed by atoms with Gasteiger partial charge < -0.3 is 77.3 Å². The van der Waals surface area contributed by atoms with E-state index >= 15 is 0 Å². The number of aryl methyl sites for hydroxylation is 5. The second-order valence-corrected chi connectivity index (χ2v) is 36.8. The maximum atomic E-state index is 12.9. The second-order valence-electron chi connectivity index (χ2n) is 35.6. The second kappa shape index (κ2) is 33.5. The van der Waals surface area contributed by atoms with Crippen molar-refractivity contribution in [1.29, 1.82) is 0 Å². The maximum Gasteiger partial charge on any atom is 0.322 e. The van der Waals surface area contributed by atoms with Crippen LogP contribution >= 0.6 is 34.8 Å². The lowest BCUT2D eigenvalue weighted by atomic mass is 9.93. The highest BCUT2D eigenvalue weighted by molar-refractivity contribution is 6.32. The van der Waals surface area contributed by atoms with Crippen molar-refractivity contribution in [3.05, 3.63) is 171 Å². The molecule has 35 nitrogen and oxygen atoms in total. The molecule has 2 unspecified atom stereocenters. The number of hydrogen-bond donors (Lipinski definition) is 14. The third-order valence-electron chi connectivity index (χ3n) is 26.5. The number of fused-ring (bicyclic) bond motifs is 5. The van der Waals surface area contributed by atoms with Gasteiger partial charge in [0.15, 0.2) is 0 Å². The Morgan fingerprint density at radius 2 is 0.672 bits per heavy atom. The Balaban J connectivity index is 0.000000117. The molecule has 0 radical (unpaired) electrons. The third kappa shape index (κ3) is 17.4. The minimum absolute atomic E-state index is 0.0294. The van der Waals surface area contributed by atoms with Gasteiger partial charge in [0.1, 0.15) is 27.7 Å². The standard InChI is InChI=1S/C18H21ClN4O3.C18H22N4O3.2C17H19ClN4O3.C17H20N4O3/c1-9-5-11-7-23(10(2)13(11)6-14(9)19)17(26)20-8-18(12-3-4-12)15(24)21-16(25)22-18;1-11-3-4-12-8-22(9-13(12)7-11)17(25)21(2)10-18(14-5-6-14)15(23)19-16(24)20-18;2*1-9-4-10-6-22(7-11(10)5-13(9)18)16(25)19-8-17(12-2-3-12)14(23)20-15(24)21-17;1-10-2-3-11-7-21(8-12(11)6-10)16(24)18-9-17(13-4-5-13)14(22)19-15(23)20-17/h5-6,10,12H,3-4,7-8H2,1-2H3,(H,20,26)(H2,21,22,24,25);3-4,7,14H,5-6,8-10H2,1-2H3,(H2,19,20,23,24);2*4-5,12H,2-3,6-8H2,1H3,(H,19,25)(H2,20,21,23,24);2-3,6,13H,4-5,7-9H2,1H3,(H,18,24)(H2,19,20,22,23)/t10-,18-;;2*17-;/m0.00./s1/i;;6D2;;. The normalized spacial score (nSPS) is 26.0. The van der Waals surface area contributed by atoms with Gasteiger partial charge in [-0.05, 0) is 226 Å². The van der Waals surface area contributed by atoms with Crippen LogP contribution in [0.25, 0.3) is 0 Å². The summed E-state index contributed by atoms with van der Waals surface area (Å²) in [6, 6.07) is 19.5. The zero-order valence-electron chi connectivity index (χ0n) is 72.1. The Bertz CT molecular complexity index is 5520. The van der Waals surface area contributed by atoms with Crippen molar-refractivity contribution in [2.24, 2.45) is 29.6 Å². The van der Waals surface area contributed by atoms with E-state index in [0.717, 1.165) is 125 Å². The van der Waals surface area contributed by atoms with Gasteiger partial charge in [0.05, 0.1) is 41.5 Å². The molecule has 5 saturated heterocycles. The summed E-state index contributed by atoms with van der Waals surface area (Å²) in [5, 5.41) is 38.0. The molecular formula is C87H101Cl3N20O15. The quantitative estimate of drug-likeness (QED) is 0.0443. The van der Waals surface area contributed by atoms with Crippen LogP contribution in [0.1, 0.15) is 163 Å². The molecule has 15 aliphatic rings. The number of halogens is 3. The molecule has 660 valence electrons.